The Kier molecular flexibility index (Phi) is 14.7. The molecule has 0 bridgehead atoms. The van der Waals surface area contributed by atoms with Gasteiger partial charge in [0, 0.05) is 12.6 Å². The van der Waals surface area contributed by atoms with Gasteiger partial charge in [-0.1, -0.05) is 110 Å². The number of hydrogen-bond acceptors (Lipinski definition) is 3. The van der Waals surface area contributed by atoms with Crippen molar-refractivity contribution in [2.24, 2.45) is 0 Å². The van der Waals surface area contributed by atoms with Crippen molar-refractivity contribution in [3.05, 3.63) is 0 Å². The Morgan fingerprint density at radius 3 is 1.50 bits per heavy atom. The number of carbonyl (C=O) groups is 1. The minimum Gasteiger partial charge on any atom is -0.479 e. The maximum absolute atomic E-state index is 11.5. The second-order valence-electron chi connectivity index (χ2n) is 9.04. The van der Waals surface area contributed by atoms with Gasteiger partial charge in [-0.25, -0.2) is 4.79 Å². The van der Waals surface area contributed by atoms with Gasteiger partial charge < -0.3 is 5.11 Å². The Labute approximate surface area is 174 Å². The first-order chi connectivity index (χ1) is 13.6. The van der Waals surface area contributed by atoms with E-state index < -0.39 is 11.6 Å². The smallest absolute Gasteiger partial charge is 0.338 e. The van der Waals surface area contributed by atoms with Crippen LogP contribution in [0.5, 0.6) is 0 Å². The van der Waals surface area contributed by atoms with Gasteiger partial charge in [-0.15, -0.1) is 0 Å². The maximum atomic E-state index is 11.5. The van der Waals surface area contributed by atoms with Crippen LogP contribution in [0.3, 0.4) is 0 Å². The molecule has 0 amide bonds. The minimum absolute atomic E-state index is 0.238. The molecule has 0 radical (unpaired) electrons. The number of rotatable bonds is 19. The van der Waals surface area contributed by atoms with Crippen LogP contribution >= 0.6 is 0 Å². The van der Waals surface area contributed by atoms with Gasteiger partial charge in [0.1, 0.15) is 0 Å². The lowest BCUT2D eigenvalue weighted by atomic mass is 10.0. The van der Waals surface area contributed by atoms with Gasteiger partial charge in [-0.2, -0.15) is 0 Å². The monoisotopic (exact) mass is 396 g/mol. The fraction of sp³-hybridized carbons (Fsp3) is 0.958. The zero-order valence-corrected chi connectivity index (χ0v) is 18.9. The summed E-state index contributed by atoms with van der Waals surface area (Å²) < 4.78 is 0. The first-order valence-corrected chi connectivity index (χ1v) is 12.4. The summed E-state index contributed by atoms with van der Waals surface area (Å²) in [5.74, 6) is -0.756. The quantitative estimate of drug-likeness (QED) is 0.221. The Hall–Kier alpha value is -0.610. The summed E-state index contributed by atoms with van der Waals surface area (Å²) >= 11 is 0. The summed E-state index contributed by atoms with van der Waals surface area (Å²) in [5, 5.41) is 15.9. The Morgan fingerprint density at radius 1 is 0.786 bits per heavy atom. The standard InChI is InChI=1S/C24H48N2O2/c1-3-4-5-6-7-8-9-10-11-12-13-14-15-16-17-18-19-20-24(23(27)28)25-21-22(2)26-24/h22,25-26H,3-21H2,1-2H3,(H,27,28). The number of nitrogens with one attached hydrogen (secondary N) is 2. The molecular weight excluding hydrogens is 348 g/mol. The third-order valence-corrected chi connectivity index (χ3v) is 6.22. The van der Waals surface area contributed by atoms with Crippen molar-refractivity contribution in [3.63, 3.8) is 0 Å². The lowest BCUT2D eigenvalue weighted by molar-refractivity contribution is -0.145. The zero-order valence-electron chi connectivity index (χ0n) is 18.9. The molecule has 1 aliphatic heterocycles. The molecule has 0 saturated carbocycles. The van der Waals surface area contributed by atoms with E-state index in [1.807, 2.05) is 6.92 Å². The molecule has 1 rings (SSSR count). The molecule has 3 N–H and O–H groups in total. The predicted molar refractivity (Wildman–Crippen MR) is 120 cm³/mol. The summed E-state index contributed by atoms with van der Waals surface area (Å²) in [5.41, 5.74) is -0.880. The molecule has 1 heterocycles. The molecule has 4 nitrogen and oxygen atoms in total. The van der Waals surface area contributed by atoms with Gasteiger partial charge >= 0.3 is 5.97 Å². The van der Waals surface area contributed by atoms with Crippen molar-refractivity contribution in [3.8, 4) is 0 Å². The number of aliphatic carboxylic acids is 1. The molecule has 1 saturated heterocycles. The van der Waals surface area contributed by atoms with Crippen LogP contribution in [0, 0.1) is 0 Å². The van der Waals surface area contributed by atoms with E-state index in [1.165, 1.54) is 96.3 Å². The topological polar surface area (TPSA) is 61.4 Å². The van der Waals surface area contributed by atoms with Crippen LogP contribution in [0.25, 0.3) is 0 Å². The lowest BCUT2D eigenvalue weighted by Gasteiger charge is -2.25. The number of unbranched alkanes of at least 4 members (excludes halogenated alkanes) is 16. The highest BCUT2D eigenvalue weighted by Gasteiger charge is 2.42. The van der Waals surface area contributed by atoms with Crippen LogP contribution < -0.4 is 10.6 Å². The molecule has 0 spiro atoms. The summed E-state index contributed by atoms with van der Waals surface area (Å²) in [6, 6.07) is 0.238. The highest BCUT2D eigenvalue weighted by atomic mass is 16.4. The van der Waals surface area contributed by atoms with Gasteiger partial charge in [0.15, 0.2) is 5.66 Å². The summed E-state index contributed by atoms with van der Waals surface area (Å²) in [6.45, 7) is 5.06. The van der Waals surface area contributed by atoms with Crippen molar-refractivity contribution < 1.29 is 9.90 Å². The highest BCUT2D eigenvalue weighted by molar-refractivity contribution is 5.78. The van der Waals surface area contributed by atoms with Crippen molar-refractivity contribution >= 4 is 5.97 Å². The van der Waals surface area contributed by atoms with E-state index in [1.54, 1.807) is 0 Å². The van der Waals surface area contributed by atoms with Gasteiger partial charge in [-0.05, 0) is 19.8 Å². The van der Waals surface area contributed by atoms with E-state index in [0.717, 1.165) is 19.4 Å². The van der Waals surface area contributed by atoms with E-state index in [2.05, 4.69) is 17.6 Å². The van der Waals surface area contributed by atoms with E-state index >= 15 is 0 Å². The molecule has 0 aromatic carbocycles. The summed E-state index contributed by atoms with van der Waals surface area (Å²) in [4.78, 5) is 11.5. The van der Waals surface area contributed by atoms with Crippen LogP contribution in [-0.2, 0) is 4.79 Å². The number of carboxylic acids is 1. The molecule has 1 aliphatic rings. The molecule has 1 fully saturated rings. The van der Waals surface area contributed by atoms with Gasteiger partial charge in [0.25, 0.3) is 0 Å². The Balaban J connectivity index is 1.81. The molecule has 28 heavy (non-hydrogen) atoms. The normalized spacial score (nSPS) is 22.0. The molecule has 4 heteroatoms. The van der Waals surface area contributed by atoms with Crippen LogP contribution in [-0.4, -0.2) is 29.3 Å². The van der Waals surface area contributed by atoms with E-state index in [4.69, 9.17) is 0 Å². The first kappa shape index (κ1) is 25.4. The van der Waals surface area contributed by atoms with E-state index in [-0.39, 0.29) is 6.04 Å². The first-order valence-electron chi connectivity index (χ1n) is 12.4. The van der Waals surface area contributed by atoms with Crippen molar-refractivity contribution in [2.45, 2.75) is 141 Å². The zero-order chi connectivity index (χ0) is 20.5. The molecule has 166 valence electrons. The molecule has 0 aromatic rings. The fourth-order valence-electron chi connectivity index (χ4n) is 4.37. The van der Waals surface area contributed by atoms with Crippen LogP contribution in [0.15, 0.2) is 0 Å². The number of carboxylic acid groups (broad SMARTS) is 1. The Morgan fingerprint density at radius 2 is 1.18 bits per heavy atom. The molecule has 0 aromatic heterocycles. The number of hydrogen-bond donors (Lipinski definition) is 3. The van der Waals surface area contributed by atoms with Crippen molar-refractivity contribution in [2.75, 3.05) is 6.54 Å². The van der Waals surface area contributed by atoms with Crippen molar-refractivity contribution in [1.29, 1.82) is 0 Å². The van der Waals surface area contributed by atoms with Crippen molar-refractivity contribution in [1.82, 2.24) is 10.6 Å². The van der Waals surface area contributed by atoms with Gasteiger partial charge in [0.2, 0.25) is 0 Å². The average molecular weight is 397 g/mol. The molecule has 0 aliphatic carbocycles. The Bertz CT molecular complexity index is 389. The molecule has 2 unspecified atom stereocenters. The SMILES string of the molecule is CCCCCCCCCCCCCCCCCCCC1(C(=O)O)NCC(C)N1. The lowest BCUT2D eigenvalue weighted by Crippen LogP contribution is -2.56. The predicted octanol–water partition coefficient (Wildman–Crippen LogP) is 6.39. The minimum atomic E-state index is -0.880. The van der Waals surface area contributed by atoms with Crippen LogP contribution in [0.1, 0.15) is 129 Å². The highest BCUT2D eigenvalue weighted by Crippen LogP contribution is 2.19. The van der Waals surface area contributed by atoms with Crippen LogP contribution in [0.2, 0.25) is 0 Å². The summed E-state index contributed by atoms with van der Waals surface area (Å²) in [6.07, 6.45) is 23.7. The molecular formula is C24H48N2O2. The largest absolute Gasteiger partial charge is 0.479 e. The average Bonchev–Trinajstić information content (AvgIpc) is 3.06. The fourth-order valence-corrected chi connectivity index (χ4v) is 4.37. The summed E-state index contributed by atoms with van der Waals surface area (Å²) in [7, 11) is 0. The van der Waals surface area contributed by atoms with Crippen LogP contribution in [0.4, 0.5) is 0 Å². The molecule has 2 atom stereocenters. The second-order valence-corrected chi connectivity index (χ2v) is 9.04. The maximum Gasteiger partial charge on any atom is 0.338 e. The van der Waals surface area contributed by atoms with E-state index in [0.29, 0.717) is 6.42 Å². The van der Waals surface area contributed by atoms with Gasteiger partial charge in [-0.3, -0.25) is 10.6 Å². The van der Waals surface area contributed by atoms with E-state index in [9.17, 15) is 9.90 Å². The van der Waals surface area contributed by atoms with Gasteiger partial charge in [0.05, 0.1) is 0 Å². The third kappa shape index (κ3) is 11.4. The third-order valence-electron chi connectivity index (χ3n) is 6.22. The second kappa shape index (κ2) is 16.2.